The molecule has 3 heteroatoms. The van der Waals surface area contributed by atoms with Crippen molar-refractivity contribution in [2.24, 2.45) is 5.73 Å². The van der Waals surface area contributed by atoms with Crippen LogP contribution in [0.2, 0.25) is 0 Å². The third kappa shape index (κ3) is 3.71. The number of rotatable bonds is 4. The van der Waals surface area contributed by atoms with Crippen LogP contribution in [0.4, 0.5) is 0 Å². The Kier molecular flexibility index (Phi) is 4.83. The van der Waals surface area contributed by atoms with E-state index in [1.165, 1.54) is 24.0 Å². The second-order valence-corrected chi connectivity index (χ2v) is 5.75. The highest BCUT2D eigenvalue weighted by Gasteiger charge is 2.21. The number of aryl methyl sites for hydroxylation is 1. The third-order valence-corrected chi connectivity index (χ3v) is 4.11. The van der Waals surface area contributed by atoms with Gasteiger partial charge in [0, 0.05) is 23.7 Å². The van der Waals surface area contributed by atoms with E-state index in [-0.39, 0.29) is 0 Å². The van der Waals surface area contributed by atoms with Crippen molar-refractivity contribution < 1.29 is 4.74 Å². The molecule has 1 fully saturated rings. The molecule has 0 bridgehead atoms. The predicted octanol–water partition coefficient (Wildman–Crippen LogP) is 2.92. The average molecular weight is 262 g/mol. The first-order chi connectivity index (χ1) is 9.10. The summed E-state index contributed by atoms with van der Waals surface area (Å²) >= 11 is 0. The van der Waals surface area contributed by atoms with Gasteiger partial charge in [0.15, 0.2) is 0 Å². The standard InChI is InChI=1S/C16H26N2O/c1-11-4-9-16(19-3)15(10-11)12(2)18-14-7-5-13(17)6-8-14/h4,9-10,12-14,18H,5-8,17H2,1-3H3. The summed E-state index contributed by atoms with van der Waals surface area (Å²) in [6.07, 6.45) is 4.63. The fourth-order valence-corrected chi connectivity index (χ4v) is 2.92. The molecule has 2 rings (SSSR count). The van der Waals surface area contributed by atoms with Crippen LogP contribution in [0.15, 0.2) is 18.2 Å². The summed E-state index contributed by atoms with van der Waals surface area (Å²) in [5.41, 5.74) is 8.48. The van der Waals surface area contributed by atoms with E-state index in [1.807, 2.05) is 0 Å². The Bertz CT molecular complexity index is 411. The largest absolute Gasteiger partial charge is 0.496 e. The topological polar surface area (TPSA) is 47.3 Å². The van der Waals surface area contributed by atoms with Crippen molar-refractivity contribution in [2.75, 3.05) is 7.11 Å². The first-order valence-electron chi connectivity index (χ1n) is 7.26. The van der Waals surface area contributed by atoms with Crippen LogP contribution in [-0.4, -0.2) is 19.2 Å². The van der Waals surface area contributed by atoms with Crippen LogP contribution in [0, 0.1) is 6.92 Å². The Balaban J connectivity index is 2.03. The molecule has 0 aliphatic heterocycles. The Morgan fingerprint density at radius 3 is 2.58 bits per heavy atom. The fourth-order valence-electron chi connectivity index (χ4n) is 2.92. The lowest BCUT2D eigenvalue weighted by molar-refractivity contribution is 0.317. The summed E-state index contributed by atoms with van der Waals surface area (Å²) in [7, 11) is 1.74. The van der Waals surface area contributed by atoms with Gasteiger partial charge in [0.1, 0.15) is 5.75 Å². The molecular weight excluding hydrogens is 236 g/mol. The zero-order valence-electron chi connectivity index (χ0n) is 12.3. The van der Waals surface area contributed by atoms with Crippen LogP contribution < -0.4 is 15.8 Å². The van der Waals surface area contributed by atoms with Gasteiger partial charge < -0.3 is 15.8 Å². The molecule has 1 atom stereocenters. The summed E-state index contributed by atoms with van der Waals surface area (Å²) in [4.78, 5) is 0. The molecule has 1 aromatic carbocycles. The summed E-state index contributed by atoms with van der Waals surface area (Å²) in [5, 5.41) is 3.72. The van der Waals surface area contributed by atoms with E-state index in [0.29, 0.717) is 18.1 Å². The molecule has 0 saturated heterocycles. The van der Waals surface area contributed by atoms with Gasteiger partial charge in [0.05, 0.1) is 7.11 Å². The molecular formula is C16H26N2O. The molecule has 0 amide bonds. The molecule has 1 saturated carbocycles. The molecule has 19 heavy (non-hydrogen) atoms. The lowest BCUT2D eigenvalue weighted by atomic mass is 9.91. The van der Waals surface area contributed by atoms with Gasteiger partial charge in [0.25, 0.3) is 0 Å². The van der Waals surface area contributed by atoms with Crippen molar-refractivity contribution in [1.82, 2.24) is 5.32 Å². The maximum absolute atomic E-state index is 5.96. The predicted molar refractivity (Wildman–Crippen MR) is 79.5 cm³/mol. The highest BCUT2D eigenvalue weighted by Crippen LogP contribution is 2.28. The van der Waals surface area contributed by atoms with Gasteiger partial charge in [-0.1, -0.05) is 17.7 Å². The maximum atomic E-state index is 5.96. The molecule has 0 heterocycles. The Morgan fingerprint density at radius 1 is 1.26 bits per heavy atom. The zero-order valence-corrected chi connectivity index (χ0v) is 12.3. The number of hydrogen-bond donors (Lipinski definition) is 2. The van der Waals surface area contributed by atoms with Crippen LogP contribution in [0.3, 0.4) is 0 Å². The smallest absolute Gasteiger partial charge is 0.123 e. The van der Waals surface area contributed by atoms with Gasteiger partial charge in [-0.2, -0.15) is 0 Å². The quantitative estimate of drug-likeness (QED) is 0.877. The van der Waals surface area contributed by atoms with Crippen molar-refractivity contribution in [3.8, 4) is 5.75 Å². The Labute approximate surface area is 116 Å². The second-order valence-electron chi connectivity index (χ2n) is 5.75. The molecule has 1 aromatic rings. The minimum Gasteiger partial charge on any atom is -0.496 e. The normalized spacial score (nSPS) is 25.1. The van der Waals surface area contributed by atoms with E-state index < -0.39 is 0 Å². The number of nitrogens with two attached hydrogens (primary N) is 1. The molecule has 1 aliphatic rings. The number of ether oxygens (including phenoxy) is 1. The van der Waals surface area contributed by atoms with E-state index in [9.17, 15) is 0 Å². The van der Waals surface area contributed by atoms with Gasteiger partial charge >= 0.3 is 0 Å². The van der Waals surface area contributed by atoms with Crippen LogP contribution >= 0.6 is 0 Å². The van der Waals surface area contributed by atoms with Crippen molar-refractivity contribution in [3.63, 3.8) is 0 Å². The van der Waals surface area contributed by atoms with Crippen molar-refractivity contribution >= 4 is 0 Å². The molecule has 0 aromatic heterocycles. The van der Waals surface area contributed by atoms with E-state index in [4.69, 9.17) is 10.5 Å². The van der Waals surface area contributed by atoms with E-state index >= 15 is 0 Å². The Morgan fingerprint density at radius 2 is 1.95 bits per heavy atom. The first-order valence-corrected chi connectivity index (χ1v) is 7.26. The number of hydrogen-bond acceptors (Lipinski definition) is 3. The summed E-state index contributed by atoms with van der Waals surface area (Å²) in [6, 6.07) is 7.66. The first kappa shape index (κ1) is 14.4. The molecule has 106 valence electrons. The average Bonchev–Trinajstić information content (AvgIpc) is 2.41. The maximum Gasteiger partial charge on any atom is 0.123 e. The molecule has 0 spiro atoms. The molecule has 1 aliphatic carbocycles. The highest BCUT2D eigenvalue weighted by molar-refractivity contribution is 5.38. The summed E-state index contributed by atoms with van der Waals surface area (Å²) in [5.74, 6) is 0.970. The molecule has 0 radical (unpaired) electrons. The lowest BCUT2D eigenvalue weighted by Crippen LogP contribution is -2.38. The van der Waals surface area contributed by atoms with Crippen LogP contribution in [-0.2, 0) is 0 Å². The highest BCUT2D eigenvalue weighted by atomic mass is 16.5. The summed E-state index contributed by atoms with van der Waals surface area (Å²) in [6.45, 7) is 4.33. The molecule has 3 N–H and O–H groups in total. The number of nitrogens with one attached hydrogen (secondary N) is 1. The van der Waals surface area contributed by atoms with Gasteiger partial charge in [-0.3, -0.25) is 0 Å². The third-order valence-electron chi connectivity index (χ3n) is 4.11. The SMILES string of the molecule is COc1ccc(C)cc1C(C)NC1CCC(N)CC1. The summed E-state index contributed by atoms with van der Waals surface area (Å²) < 4.78 is 5.47. The van der Waals surface area contributed by atoms with Gasteiger partial charge in [-0.25, -0.2) is 0 Å². The number of methoxy groups -OCH3 is 1. The lowest BCUT2D eigenvalue weighted by Gasteiger charge is -2.30. The van der Waals surface area contributed by atoms with Gasteiger partial charge in [0.2, 0.25) is 0 Å². The van der Waals surface area contributed by atoms with E-state index in [1.54, 1.807) is 7.11 Å². The molecule has 3 nitrogen and oxygen atoms in total. The number of benzene rings is 1. The van der Waals surface area contributed by atoms with Crippen LogP contribution in [0.1, 0.15) is 49.8 Å². The monoisotopic (exact) mass is 262 g/mol. The minimum atomic E-state index is 0.314. The Hall–Kier alpha value is -1.06. The van der Waals surface area contributed by atoms with Gasteiger partial charge in [-0.05, 0) is 45.6 Å². The second kappa shape index (κ2) is 6.40. The minimum absolute atomic E-state index is 0.314. The van der Waals surface area contributed by atoms with Crippen molar-refractivity contribution in [1.29, 1.82) is 0 Å². The van der Waals surface area contributed by atoms with Crippen LogP contribution in [0.25, 0.3) is 0 Å². The fraction of sp³-hybridized carbons (Fsp3) is 0.625. The van der Waals surface area contributed by atoms with Crippen molar-refractivity contribution in [3.05, 3.63) is 29.3 Å². The molecule has 1 unspecified atom stereocenters. The van der Waals surface area contributed by atoms with Crippen LogP contribution in [0.5, 0.6) is 5.75 Å². The van der Waals surface area contributed by atoms with E-state index in [0.717, 1.165) is 18.6 Å². The van der Waals surface area contributed by atoms with Crippen molar-refractivity contribution in [2.45, 2.75) is 57.7 Å². The van der Waals surface area contributed by atoms with E-state index in [2.05, 4.69) is 37.4 Å². The van der Waals surface area contributed by atoms with Gasteiger partial charge in [-0.15, -0.1) is 0 Å². The zero-order chi connectivity index (χ0) is 13.8.